The number of nitrogens with two attached hydrogens (primary N) is 1. The summed E-state index contributed by atoms with van der Waals surface area (Å²) in [6.45, 7) is 3.31. The molecule has 2 rings (SSSR count). The van der Waals surface area contributed by atoms with E-state index in [1.54, 1.807) is 4.90 Å². The molecule has 2 atom stereocenters. The van der Waals surface area contributed by atoms with Gasteiger partial charge < -0.3 is 15.2 Å². The number of hydrogen-bond acceptors (Lipinski definition) is 5. The number of nitrogens with zero attached hydrogens (tertiary/aromatic N) is 3. The first-order valence-electron chi connectivity index (χ1n) is 6.52. The topological polar surface area (TPSA) is 74.5 Å². The Kier molecular flexibility index (Phi) is 4.20. The summed E-state index contributed by atoms with van der Waals surface area (Å²) in [6, 6.07) is 1.67. The van der Waals surface area contributed by atoms with E-state index in [-0.39, 0.29) is 23.3 Å². The first-order chi connectivity index (χ1) is 9.45. The molecule has 0 saturated carbocycles. The fourth-order valence-electron chi connectivity index (χ4n) is 2.67. The Morgan fingerprint density at radius 2 is 2.25 bits per heavy atom. The molecule has 3 N–H and O–H groups in total. The highest BCUT2D eigenvalue weighted by molar-refractivity contribution is 5.95. The number of hydrazine groups is 1. The Hall–Kier alpha value is -1.73. The summed E-state index contributed by atoms with van der Waals surface area (Å²) in [4.78, 5) is 19.9. The van der Waals surface area contributed by atoms with Gasteiger partial charge in [0.2, 0.25) is 0 Å². The lowest BCUT2D eigenvalue weighted by molar-refractivity contribution is 0.0776. The Morgan fingerprint density at radius 3 is 2.80 bits per heavy atom. The molecular formula is C13H20FN5O. The van der Waals surface area contributed by atoms with Crippen molar-refractivity contribution in [2.75, 3.05) is 32.6 Å². The van der Waals surface area contributed by atoms with Gasteiger partial charge in [-0.3, -0.25) is 4.79 Å². The minimum absolute atomic E-state index is 0.000411. The number of amides is 1. The van der Waals surface area contributed by atoms with Gasteiger partial charge in [-0.1, -0.05) is 6.92 Å². The van der Waals surface area contributed by atoms with Gasteiger partial charge in [-0.15, -0.1) is 0 Å². The molecule has 1 fully saturated rings. The van der Waals surface area contributed by atoms with E-state index in [4.69, 9.17) is 5.84 Å². The normalized spacial score (nSPS) is 22.4. The maximum Gasteiger partial charge on any atom is 0.257 e. The summed E-state index contributed by atoms with van der Waals surface area (Å²) in [5.74, 6) is 4.38. The molecular weight excluding hydrogens is 261 g/mol. The van der Waals surface area contributed by atoms with Crippen LogP contribution < -0.4 is 11.3 Å². The molecule has 7 heteroatoms. The van der Waals surface area contributed by atoms with Gasteiger partial charge in [0.15, 0.2) is 11.6 Å². The van der Waals surface area contributed by atoms with Crippen LogP contribution in [-0.2, 0) is 0 Å². The van der Waals surface area contributed by atoms with Crippen molar-refractivity contribution >= 4 is 11.7 Å². The van der Waals surface area contributed by atoms with Crippen molar-refractivity contribution in [1.82, 2.24) is 14.8 Å². The zero-order valence-corrected chi connectivity index (χ0v) is 11.9. The molecule has 1 amide bonds. The Balaban J connectivity index is 2.21. The van der Waals surface area contributed by atoms with Crippen molar-refractivity contribution in [3.63, 3.8) is 0 Å². The molecule has 1 aromatic heterocycles. The number of likely N-dealkylation sites (tertiary alicyclic amines) is 1. The first kappa shape index (κ1) is 14.7. The van der Waals surface area contributed by atoms with E-state index in [0.29, 0.717) is 19.0 Å². The van der Waals surface area contributed by atoms with E-state index in [2.05, 4.69) is 22.2 Å². The molecule has 110 valence electrons. The fourth-order valence-corrected chi connectivity index (χ4v) is 2.67. The van der Waals surface area contributed by atoms with E-state index in [1.807, 2.05) is 14.1 Å². The van der Waals surface area contributed by atoms with Gasteiger partial charge in [0.25, 0.3) is 5.91 Å². The number of nitrogen functional groups attached to an aromatic ring is 1. The van der Waals surface area contributed by atoms with Crippen LogP contribution in [0.4, 0.5) is 10.2 Å². The van der Waals surface area contributed by atoms with Crippen LogP contribution >= 0.6 is 0 Å². The second-order valence-corrected chi connectivity index (χ2v) is 5.38. The summed E-state index contributed by atoms with van der Waals surface area (Å²) in [6.07, 6.45) is 1.37. The van der Waals surface area contributed by atoms with E-state index < -0.39 is 5.82 Å². The maximum atomic E-state index is 14.1. The zero-order chi connectivity index (χ0) is 14.9. The molecule has 0 spiro atoms. The molecule has 1 aromatic rings. The van der Waals surface area contributed by atoms with Crippen molar-refractivity contribution < 1.29 is 9.18 Å². The number of aromatic nitrogens is 1. The van der Waals surface area contributed by atoms with E-state index in [0.717, 1.165) is 0 Å². The van der Waals surface area contributed by atoms with Crippen LogP contribution in [0.1, 0.15) is 17.3 Å². The maximum absolute atomic E-state index is 14.1. The molecule has 1 aliphatic heterocycles. The monoisotopic (exact) mass is 281 g/mol. The first-order valence-corrected chi connectivity index (χ1v) is 6.52. The highest BCUT2D eigenvalue weighted by atomic mass is 19.1. The number of carbonyl (C=O) groups excluding carboxylic acids is 1. The largest absolute Gasteiger partial charge is 0.337 e. The second kappa shape index (κ2) is 5.72. The Labute approximate surface area is 117 Å². The van der Waals surface area contributed by atoms with Crippen LogP contribution in [0.2, 0.25) is 0 Å². The van der Waals surface area contributed by atoms with Crippen LogP contribution in [0.3, 0.4) is 0 Å². The van der Waals surface area contributed by atoms with Crippen LogP contribution in [0.15, 0.2) is 12.3 Å². The van der Waals surface area contributed by atoms with Gasteiger partial charge in [0, 0.05) is 25.3 Å². The zero-order valence-electron chi connectivity index (χ0n) is 11.9. The minimum atomic E-state index is -0.707. The molecule has 0 aliphatic carbocycles. The molecule has 1 saturated heterocycles. The van der Waals surface area contributed by atoms with Gasteiger partial charge >= 0.3 is 0 Å². The molecule has 0 bridgehead atoms. The number of carbonyl (C=O) groups is 1. The third-order valence-electron chi connectivity index (χ3n) is 3.78. The highest BCUT2D eigenvalue weighted by Crippen LogP contribution is 2.23. The molecule has 2 heterocycles. The SMILES string of the molecule is CC1CN(C(=O)c2ccnc(NN)c2F)CC1N(C)C. The summed E-state index contributed by atoms with van der Waals surface area (Å²) in [5, 5.41) is 0. The predicted molar refractivity (Wildman–Crippen MR) is 74.5 cm³/mol. The lowest BCUT2D eigenvalue weighted by Gasteiger charge is -2.22. The van der Waals surface area contributed by atoms with E-state index in [1.165, 1.54) is 12.3 Å². The average Bonchev–Trinajstić information content (AvgIpc) is 2.80. The van der Waals surface area contributed by atoms with Gasteiger partial charge in [0.1, 0.15) is 0 Å². The standard InChI is InChI=1S/C13H20FN5O/c1-8-6-19(7-10(8)18(2)3)13(20)9-4-5-16-12(17-15)11(9)14/h4-5,8,10H,6-7,15H2,1-3H3,(H,16,17). The molecule has 6 nitrogen and oxygen atoms in total. The van der Waals surface area contributed by atoms with E-state index >= 15 is 0 Å². The van der Waals surface area contributed by atoms with Gasteiger partial charge in [-0.2, -0.15) is 0 Å². The smallest absolute Gasteiger partial charge is 0.257 e. The van der Waals surface area contributed by atoms with Crippen molar-refractivity contribution in [3.8, 4) is 0 Å². The van der Waals surface area contributed by atoms with Crippen molar-refractivity contribution in [1.29, 1.82) is 0 Å². The molecule has 0 radical (unpaired) electrons. The van der Waals surface area contributed by atoms with Crippen LogP contribution in [0, 0.1) is 11.7 Å². The number of likely N-dealkylation sites (N-methyl/N-ethyl adjacent to an activating group) is 1. The molecule has 20 heavy (non-hydrogen) atoms. The van der Waals surface area contributed by atoms with Crippen molar-refractivity contribution in [3.05, 3.63) is 23.6 Å². The van der Waals surface area contributed by atoms with E-state index in [9.17, 15) is 9.18 Å². The summed E-state index contributed by atoms with van der Waals surface area (Å²) in [7, 11) is 3.97. The van der Waals surface area contributed by atoms with Crippen LogP contribution in [0.25, 0.3) is 0 Å². The number of hydrogen-bond donors (Lipinski definition) is 2. The minimum Gasteiger partial charge on any atom is -0.337 e. The molecule has 0 aromatic carbocycles. The highest BCUT2D eigenvalue weighted by Gasteiger charge is 2.35. The molecule has 2 unspecified atom stereocenters. The number of anilines is 1. The second-order valence-electron chi connectivity index (χ2n) is 5.38. The van der Waals surface area contributed by atoms with Crippen molar-refractivity contribution in [2.24, 2.45) is 11.8 Å². The van der Waals surface area contributed by atoms with Crippen LogP contribution in [-0.4, -0.2) is 53.9 Å². The number of pyridine rings is 1. The summed E-state index contributed by atoms with van der Waals surface area (Å²) in [5.41, 5.74) is 2.15. The predicted octanol–water partition coefficient (Wildman–Crippen LogP) is 0.528. The van der Waals surface area contributed by atoms with Crippen molar-refractivity contribution in [2.45, 2.75) is 13.0 Å². The lowest BCUT2D eigenvalue weighted by atomic mass is 10.1. The Morgan fingerprint density at radius 1 is 1.55 bits per heavy atom. The van der Waals surface area contributed by atoms with Gasteiger partial charge in [-0.05, 0) is 26.1 Å². The quantitative estimate of drug-likeness (QED) is 0.624. The third-order valence-corrected chi connectivity index (χ3v) is 3.78. The number of nitrogens with one attached hydrogen (secondary N) is 1. The number of rotatable bonds is 3. The fraction of sp³-hybridized carbons (Fsp3) is 0.538. The summed E-state index contributed by atoms with van der Waals surface area (Å²) >= 11 is 0. The van der Waals surface area contributed by atoms with Crippen LogP contribution in [0.5, 0.6) is 0 Å². The number of halogens is 1. The molecule has 1 aliphatic rings. The third kappa shape index (κ3) is 2.59. The van der Waals surface area contributed by atoms with Gasteiger partial charge in [0.05, 0.1) is 5.56 Å². The Bertz CT molecular complexity index is 508. The van der Waals surface area contributed by atoms with Gasteiger partial charge in [-0.25, -0.2) is 15.2 Å². The summed E-state index contributed by atoms with van der Waals surface area (Å²) < 4.78 is 14.1. The lowest BCUT2D eigenvalue weighted by Crippen LogP contribution is -2.36. The average molecular weight is 281 g/mol.